The Balaban J connectivity index is 1.19. The highest BCUT2D eigenvalue weighted by Crippen LogP contribution is 2.32. The van der Waals surface area contributed by atoms with Crippen LogP contribution in [0.1, 0.15) is 64.0 Å². The van der Waals surface area contributed by atoms with Crippen molar-refractivity contribution in [3.63, 3.8) is 0 Å². The molecule has 1 amide bonds. The van der Waals surface area contributed by atoms with E-state index >= 15 is 0 Å². The standard InChI is InChI=1S/C25H39N3O2/c1-25(2,3)30-24(29)26-21-12-10-19(11-13-21)18-27-14-16-28(17-15-27)23-9-5-7-20-6-4-8-22(20)23/h5,7,9,19,21H,4,6,8,10-18H2,1-3H3,(H,26,29)/t19-,21-. The number of rotatable bonds is 4. The molecule has 1 N–H and O–H groups in total. The van der Waals surface area contributed by atoms with Crippen molar-refractivity contribution in [2.75, 3.05) is 37.6 Å². The molecule has 1 saturated carbocycles. The van der Waals surface area contributed by atoms with Crippen molar-refractivity contribution < 1.29 is 9.53 Å². The van der Waals surface area contributed by atoms with E-state index in [4.69, 9.17) is 4.74 Å². The Labute approximate surface area is 182 Å². The number of ether oxygens (including phenoxy) is 1. The van der Waals surface area contributed by atoms with Gasteiger partial charge < -0.3 is 15.0 Å². The van der Waals surface area contributed by atoms with Crippen LogP contribution in [0.4, 0.5) is 10.5 Å². The average Bonchev–Trinajstić information content (AvgIpc) is 3.18. The second-order valence-electron chi connectivity index (χ2n) is 10.4. The van der Waals surface area contributed by atoms with Crippen LogP contribution in [-0.4, -0.2) is 55.4 Å². The van der Waals surface area contributed by atoms with E-state index in [1.165, 1.54) is 57.4 Å². The maximum atomic E-state index is 12.0. The first-order valence-corrected chi connectivity index (χ1v) is 11.9. The maximum Gasteiger partial charge on any atom is 0.407 e. The van der Waals surface area contributed by atoms with Gasteiger partial charge in [0.05, 0.1) is 0 Å². The van der Waals surface area contributed by atoms with Crippen molar-refractivity contribution in [2.45, 2.75) is 77.4 Å². The van der Waals surface area contributed by atoms with Gasteiger partial charge in [-0.1, -0.05) is 12.1 Å². The van der Waals surface area contributed by atoms with Crippen LogP contribution in [0, 0.1) is 5.92 Å². The molecule has 0 unspecified atom stereocenters. The van der Waals surface area contributed by atoms with Crippen LogP contribution in [0.3, 0.4) is 0 Å². The molecule has 2 aliphatic carbocycles. The van der Waals surface area contributed by atoms with Gasteiger partial charge in [-0.15, -0.1) is 0 Å². The van der Waals surface area contributed by atoms with Crippen LogP contribution >= 0.6 is 0 Å². The van der Waals surface area contributed by atoms with Crippen molar-refractivity contribution in [1.82, 2.24) is 10.2 Å². The molecular formula is C25H39N3O2. The summed E-state index contributed by atoms with van der Waals surface area (Å²) in [6, 6.07) is 7.16. The highest BCUT2D eigenvalue weighted by Gasteiger charge is 2.28. The van der Waals surface area contributed by atoms with Gasteiger partial charge in [-0.3, -0.25) is 4.90 Å². The lowest BCUT2D eigenvalue weighted by atomic mass is 9.85. The van der Waals surface area contributed by atoms with Crippen LogP contribution in [0.15, 0.2) is 18.2 Å². The molecule has 5 heteroatoms. The summed E-state index contributed by atoms with van der Waals surface area (Å²) in [5, 5.41) is 3.06. The fourth-order valence-electron chi connectivity index (χ4n) is 5.40. The van der Waals surface area contributed by atoms with E-state index in [9.17, 15) is 4.79 Å². The number of alkyl carbamates (subject to hydrolysis) is 1. The molecule has 0 spiro atoms. The average molecular weight is 414 g/mol. The Hall–Kier alpha value is -1.75. The number of carbonyl (C=O) groups is 1. The molecule has 4 rings (SSSR count). The number of aryl methyl sites for hydroxylation is 1. The molecular weight excluding hydrogens is 374 g/mol. The van der Waals surface area contributed by atoms with E-state index in [0.29, 0.717) is 0 Å². The highest BCUT2D eigenvalue weighted by atomic mass is 16.6. The zero-order chi connectivity index (χ0) is 21.1. The lowest BCUT2D eigenvalue weighted by molar-refractivity contribution is 0.0483. The fourth-order valence-corrected chi connectivity index (χ4v) is 5.40. The number of nitrogens with one attached hydrogen (secondary N) is 1. The summed E-state index contributed by atoms with van der Waals surface area (Å²) < 4.78 is 5.40. The number of fused-ring (bicyclic) bond motifs is 1. The Morgan fingerprint density at radius 3 is 2.50 bits per heavy atom. The number of amides is 1. The Morgan fingerprint density at radius 1 is 1.07 bits per heavy atom. The summed E-state index contributed by atoms with van der Waals surface area (Å²) in [6.45, 7) is 11.6. The van der Waals surface area contributed by atoms with Crippen molar-refractivity contribution in [3.05, 3.63) is 29.3 Å². The van der Waals surface area contributed by atoms with Crippen LogP contribution in [-0.2, 0) is 17.6 Å². The number of nitrogens with zero attached hydrogens (tertiary/aromatic N) is 2. The Bertz CT molecular complexity index is 726. The molecule has 0 bridgehead atoms. The smallest absolute Gasteiger partial charge is 0.407 e. The summed E-state index contributed by atoms with van der Waals surface area (Å²) in [4.78, 5) is 17.3. The van der Waals surface area contributed by atoms with Crippen LogP contribution < -0.4 is 10.2 Å². The van der Waals surface area contributed by atoms with Gasteiger partial charge in [-0.05, 0) is 88.8 Å². The molecule has 3 aliphatic rings. The maximum absolute atomic E-state index is 12.0. The fraction of sp³-hybridized carbons (Fsp3) is 0.720. The number of hydrogen-bond donors (Lipinski definition) is 1. The van der Waals surface area contributed by atoms with Gasteiger partial charge in [-0.25, -0.2) is 4.79 Å². The van der Waals surface area contributed by atoms with E-state index in [0.717, 1.165) is 31.8 Å². The number of carbonyl (C=O) groups excluding carboxylic acids is 1. The topological polar surface area (TPSA) is 44.8 Å². The number of piperazine rings is 1. The van der Waals surface area contributed by atoms with Gasteiger partial charge in [0.2, 0.25) is 0 Å². The van der Waals surface area contributed by atoms with Gasteiger partial charge in [0, 0.05) is 44.5 Å². The summed E-state index contributed by atoms with van der Waals surface area (Å²) in [5.41, 5.74) is 4.26. The molecule has 1 saturated heterocycles. The van der Waals surface area contributed by atoms with Crippen LogP contribution in [0.2, 0.25) is 0 Å². The second-order valence-corrected chi connectivity index (χ2v) is 10.4. The minimum Gasteiger partial charge on any atom is -0.444 e. The minimum absolute atomic E-state index is 0.269. The van der Waals surface area contributed by atoms with Gasteiger partial charge >= 0.3 is 6.09 Å². The van der Waals surface area contributed by atoms with Crippen molar-refractivity contribution >= 4 is 11.8 Å². The quantitative estimate of drug-likeness (QED) is 0.796. The third kappa shape index (κ3) is 5.48. The summed E-state index contributed by atoms with van der Waals surface area (Å²) >= 11 is 0. The highest BCUT2D eigenvalue weighted by molar-refractivity contribution is 5.68. The van der Waals surface area contributed by atoms with Gasteiger partial charge in [0.25, 0.3) is 0 Å². The normalized spacial score (nSPS) is 25.1. The molecule has 0 atom stereocenters. The third-order valence-corrected chi connectivity index (χ3v) is 6.92. The van der Waals surface area contributed by atoms with Crippen LogP contribution in [0.25, 0.3) is 0 Å². The predicted molar refractivity (Wildman–Crippen MR) is 122 cm³/mol. The zero-order valence-corrected chi connectivity index (χ0v) is 19.1. The molecule has 166 valence electrons. The molecule has 1 aromatic carbocycles. The SMILES string of the molecule is CC(C)(C)OC(=O)N[C@H]1CC[C@H](CN2CCN(c3cccc4c3CCC4)CC2)CC1. The first-order chi connectivity index (χ1) is 14.4. The number of hydrogen-bond acceptors (Lipinski definition) is 4. The molecule has 0 aromatic heterocycles. The molecule has 5 nitrogen and oxygen atoms in total. The molecule has 1 aliphatic heterocycles. The largest absolute Gasteiger partial charge is 0.444 e. The van der Waals surface area contributed by atoms with Gasteiger partial charge in [-0.2, -0.15) is 0 Å². The summed E-state index contributed by atoms with van der Waals surface area (Å²) in [5.74, 6) is 0.759. The van der Waals surface area contributed by atoms with E-state index in [1.807, 2.05) is 20.8 Å². The molecule has 0 radical (unpaired) electrons. The second kappa shape index (κ2) is 9.17. The minimum atomic E-state index is -0.427. The zero-order valence-electron chi connectivity index (χ0n) is 19.1. The first-order valence-electron chi connectivity index (χ1n) is 11.9. The lowest BCUT2D eigenvalue weighted by Crippen LogP contribution is -2.49. The number of anilines is 1. The monoisotopic (exact) mass is 413 g/mol. The van der Waals surface area contributed by atoms with Gasteiger partial charge in [0.15, 0.2) is 0 Å². The van der Waals surface area contributed by atoms with Crippen LogP contribution in [0.5, 0.6) is 0 Å². The van der Waals surface area contributed by atoms with Crippen molar-refractivity contribution in [3.8, 4) is 0 Å². The van der Waals surface area contributed by atoms with Crippen molar-refractivity contribution in [1.29, 1.82) is 0 Å². The summed E-state index contributed by atoms with van der Waals surface area (Å²) in [6.07, 6.45) is 8.10. The van der Waals surface area contributed by atoms with E-state index in [2.05, 4.69) is 33.3 Å². The molecule has 2 fully saturated rings. The van der Waals surface area contributed by atoms with Gasteiger partial charge in [0.1, 0.15) is 5.60 Å². The van der Waals surface area contributed by atoms with E-state index in [1.54, 1.807) is 11.1 Å². The molecule has 1 aromatic rings. The summed E-state index contributed by atoms with van der Waals surface area (Å²) in [7, 11) is 0. The predicted octanol–water partition coefficient (Wildman–Crippen LogP) is 4.38. The number of benzene rings is 1. The lowest BCUT2D eigenvalue weighted by Gasteiger charge is -2.39. The Morgan fingerprint density at radius 2 is 1.80 bits per heavy atom. The molecule has 30 heavy (non-hydrogen) atoms. The molecule has 1 heterocycles. The van der Waals surface area contributed by atoms with E-state index in [-0.39, 0.29) is 12.1 Å². The van der Waals surface area contributed by atoms with Crippen molar-refractivity contribution in [2.24, 2.45) is 5.92 Å². The third-order valence-electron chi connectivity index (χ3n) is 6.92. The Kier molecular flexibility index (Phi) is 6.57. The van der Waals surface area contributed by atoms with E-state index < -0.39 is 5.60 Å². The first kappa shape index (κ1) is 21.5.